The van der Waals surface area contributed by atoms with E-state index in [2.05, 4.69) is 22.2 Å². The van der Waals surface area contributed by atoms with E-state index in [9.17, 15) is 4.79 Å². The van der Waals surface area contributed by atoms with Crippen molar-refractivity contribution in [3.63, 3.8) is 0 Å². The topological polar surface area (TPSA) is 105 Å². The van der Waals surface area contributed by atoms with Crippen LogP contribution in [-0.4, -0.2) is 27.2 Å². The largest absolute Gasteiger partial charge is 0.382 e. The van der Waals surface area contributed by atoms with E-state index in [1.54, 1.807) is 0 Å². The van der Waals surface area contributed by atoms with E-state index in [4.69, 9.17) is 11.0 Å². The summed E-state index contributed by atoms with van der Waals surface area (Å²) in [6.07, 6.45) is 6.67. The van der Waals surface area contributed by atoms with Crippen molar-refractivity contribution in [2.24, 2.45) is 17.8 Å². The van der Waals surface area contributed by atoms with Crippen LogP contribution in [0.1, 0.15) is 45.1 Å². The zero-order valence-electron chi connectivity index (χ0n) is 14.0. The van der Waals surface area contributed by atoms with E-state index >= 15 is 0 Å². The van der Waals surface area contributed by atoms with Crippen LogP contribution in [0.3, 0.4) is 0 Å². The Morgan fingerprint density at radius 2 is 2.25 bits per heavy atom. The molecule has 0 aromatic carbocycles. The molecular formula is C17H23N5OS. The Bertz CT molecular complexity index is 673. The molecule has 24 heavy (non-hydrogen) atoms. The third-order valence-corrected chi connectivity index (χ3v) is 6.35. The van der Waals surface area contributed by atoms with Crippen molar-refractivity contribution in [2.75, 3.05) is 5.73 Å². The van der Waals surface area contributed by atoms with Crippen LogP contribution in [0.25, 0.3) is 0 Å². The number of nitrogens with one attached hydrogen (secondary N) is 1. The first kappa shape index (κ1) is 17.0. The molecule has 2 fully saturated rings. The van der Waals surface area contributed by atoms with Crippen molar-refractivity contribution in [1.82, 2.24) is 15.3 Å². The fraction of sp³-hybridized carbons (Fsp3) is 0.647. The quantitative estimate of drug-likeness (QED) is 0.627. The van der Waals surface area contributed by atoms with E-state index in [1.807, 2.05) is 13.0 Å². The molecule has 1 aromatic heterocycles. The van der Waals surface area contributed by atoms with Crippen LogP contribution >= 0.6 is 11.8 Å². The van der Waals surface area contributed by atoms with Gasteiger partial charge in [0, 0.05) is 6.04 Å². The highest BCUT2D eigenvalue weighted by Crippen LogP contribution is 2.49. The van der Waals surface area contributed by atoms with Gasteiger partial charge in [0.05, 0.1) is 11.4 Å². The highest BCUT2D eigenvalue weighted by Gasteiger charge is 2.42. The summed E-state index contributed by atoms with van der Waals surface area (Å²) in [7, 11) is 0. The Morgan fingerprint density at radius 3 is 2.83 bits per heavy atom. The van der Waals surface area contributed by atoms with Gasteiger partial charge in [0.25, 0.3) is 0 Å². The first-order valence-corrected chi connectivity index (χ1v) is 9.35. The predicted octanol–water partition coefficient (Wildman–Crippen LogP) is 2.35. The van der Waals surface area contributed by atoms with E-state index in [-0.39, 0.29) is 28.6 Å². The molecule has 7 heteroatoms. The number of fused-ring (bicyclic) bond motifs is 2. The van der Waals surface area contributed by atoms with Crippen molar-refractivity contribution in [1.29, 1.82) is 5.26 Å². The van der Waals surface area contributed by atoms with Gasteiger partial charge in [-0.05, 0) is 50.9 Å². The average molecular weight is 345 g/mol. The van der Waals surface area contributed by atoms with Gasteiger partial charge in [-0.2, -0.15) is 5.26 Å². The predicted molar refractivity (Wildman–Crippen MR) is 93.0 cm³/mol. The Labute approximate surface area is 146 Å². The van der Waals surface area contributed by atoms with Crippen LogP contribution in [0, 0.1) is 29.1 Å². The lowest BCUT2D eigenvalue weighted by Crippen LogP contribution is -2.43. The molecule has 128 valence electrons. The molecular weight excluding hydrogens is 322 g/mol. The van der Waals surface area contributed by atoms with Crippen molar-refractivity contribution in [2.45, 2.75) is 56.0 Å². The number of aromatic nitrogens is 2. The fourth-order valence-electron chi connectivity index (χ4n) is 4.09. The lowest BCUT2D eigenvalue weighted by Gasteiger charge is -2.29. The zero-order valence-corrected chi connectivity index (χ0v) is 14.8. The Morgan fingerprint density at radius 1 is 1.46 bits per heavy atom. The number of carbonyl (C=O) groups excluding carboxylic acids is 1. The van der Waals surface area contributed by atoms with Crippen molar-refractivity contribution < 1.29 is 4.79 Å². The molecule has 0 saturated heterocycles. The van der Waals surface area contributed by atoms with Crippen LogP contribution < -0.4 is 11.1 Å². The minimum absolute atomic E-state index is 0.00167. The van der Waals surface area contributed by atoms with Gasteiger partial charge >= 0.3 is 0 Å². The van der Waals surface area contributed by atoms with E-state index in [0.29, 0.717) is 11.1 Å². The van der Waals surface area contributed by atoms with E-state index < -0.39 is 0 Å². The van der Waals surface area contributed by atoms with Crippen LogP contribution in [0.5, 0.6) is 0 Å². The number of hydrogen-bond donors (Lipinski definition) is 2. The minimum atomic E-state index is -0.307. The number of carbonyl (C=O) groups is 1. The van der Waals surface area contributed by atoms with Gasteiger partial charge in [-0.3, -0.25) is 4.79 Å². The summed E-state index contributed by atoms with van der Waals surface area (Å²) in [5.74, 6) is 2.43. The number of nitrogens with zero attached hydrogens (tertiary/aromatic N) is 3. The molecule has 0 aliphatic heterocycles. The van der Waals surface area contributed by atoms with Gasteiger partial charge in [0.15, 0.2) is 5.16 Å². The zero-order chi connectivity index (χ0) is 17.3. The van der Waals surface area contributed by atoms with Crippen molar-refractivity contribution in [3.8, 4) is 6.07 Å². The average Bonchev–Trinajstić information content (AvgIpc) is 3.18. The number of rotatable bonds is 5. The number of hydrogen-bond acceptors (Lipinski definition) is 6. The molecule has 0 spiro atoms. The Hall–Kier alpha value is -1.81. The summed E-state index contributed by atoms with van der Waals surface area (Å²) in [6.45, 7) is 3.96. The summed E-state index contributed by atoms with van der Waals surface area (Å²) in [6, 6.07) is 2.14. The van der Waals surface area contributed by atoms with Gasteiger partial charge in [-0.1, -0.05) is 18.2 Å². The second-order valence-corrected chi connectivity index (χ2v) is 8.27. The number of amides is 1. The van der Waals surface area contributed by atoms with Gasteiger partial charge in [-0.15, -0.1) is 0 Å². The summed E-state index contributed by atoms with van der Waals surface area (Å²) >= 11 is 1.26. The monoisotopic (exact) mass is 345 g/mol. The van der Waals surface area contributed by atoms with Crippen molar-refractivity contribution >= 4 is 23.5 Å². The van der Waals surface area contributed by atoms with E-state index in [0.717, 1.165) is 11.8 Å². The summed E-state index contributed by atoms with van der Waals surface area (Å²) in [5.41, 5.74) is 5.95. The first-order valence-electron chi connectivity index (χ1n) is 8.47. The molecule has 5 atom stereocenters. The molecule has 5 unspecified atom stereocenters. The molecule has 2 bridgehead atoms. The minimum Gasteiger partial charge on any atom is -0.382 e. The molecule has 1 aromatic rings. The second kappa shape index (κ2) is 6.98. The number of thioether (sulfide) groups is 1. The molecule has 2 aliphatic rings. The summed E-state index contributed by atoms with van der Waals surface area (Å²) in [4.78, 5) is 20.6. The molecule has 1 amide bonds. The highest BCUT2D eigenvalue weighted by molar-refractivity contribution is 8.00. The van der Waals surface area contributed by atoms with Crippen LogP contribution in [0.4, 0.5) is 5.82 Å². The van der Waals surface area contributed by atoms with Gasteiger partial charge in [-0.25, -0.2) is 9.97 Å². The van der Waals surface area contributed by atoms with Crippen molar-refractivity contribution in [3.05, 3.63) is 11.8 Å². The van der Waals surface area contributed by atoms with Gasteiger partial charge < -0.3 is 11.1 Å². The number of nitriles is 1. The molecule has 6 nitrogen and oxygen atoms in total. The molecule has 3 N–H and O–H groups in total. The van der Waals surface area contributed by atoms with E-state index in [1.165, 1.54) is 43.6 Å². The number of nitrogen functional groups attached to an aromatic ring is 1. The summed E-state index contributed by atoms with van der Waals surface area (Å²) < 4.78 is 0. The van der Waals surface area contributed by atoms with Gasteiger partial charge in [0.1, 0.15) is 17.5 Å². The van der Waals surface area contributed by atoms with Crippen LogP contribution in [-0.2, 0) is 4.79 Å². The number of anilines is 1. The third-order valence-electron chi connectivity index (χ3n) is 5.37. The molecule has 2 aliphatic carbocycles. The highest BCUT2D eigenvalue weighted by atomic mass is 32.2. The maximum Gasteiger partial charge on any atom is 0.233 e. The number of nitrogens with two attached hydrogens (primary N) is 1. The SMILES string of the molecule is CC(Sc1ncc(C#N)c(N)n1)C(=O)NC(C)C1CC2CCC1C2. The lowest BCUT2D eigenvalue weighted by molar-refractivity contribution is -0.121. The maximum atomic E-state index is 12.5. The van der Waals surface area contributed by atoms with Gasteiger partial charge in [0.2, 0.25) is 5.91 Å². The maximum absolute atomic E-state index is 12.5. The molecule has 3 rings (SSSR count). The lowest BCUT2D eigenvalue weighted by atomic mass is 9.84. The van der Waals surface area contributed by atoms with Crippen LogP contribution in [0.2, 0.25) is 0 Å². The Balaban J connectivity index is 1.55. The summed E-state index contributed by atoms with van der Waals surface area (Å²) in [5, 5.41) is 12.1. The normalized spacial score (nSPS) is 27.5. The smallest absolute Gasteiger partial charge is 0.233 e. The third kappa shape index (κ3) is 3.48. The second-order valence-electron chi connectivity index (χ2n) is 6.96. The molecule has 1 heterocycles. The Kier molecular flexibility index (Phi) is 4.95. The standard InChI is InChI=1S/C17H23N5OS/c1-9(14-6-11-3-4-12(14)5-11)21-16(23)10(2)24-17-20-8-13(7-18)15(19)22-17/h8-12,14H,3-6H2,1-2H3,(H,21,23)(H2,19,20,22). The first-order chi connectivity index (χ1) is 11.5. The molecule has 2 saturated carbocycles. The fourth-order valence-corrected chi connectivity index (χ4v) is 4.84. The molecule has 0 radical (unpaired) electrons. The van der Waals surface area contributed by atoms with Crippen LogP contribution in [0.15, 0.2) is 11.4 Å².